The van der Waals surface area contributed by atoms with Crippen LogP contribution in [0.5, 0.6) is 5.75 Å². The predicted octanol–water partition coefficient (Wildman–Crippen LogP) is 0.0522. The number of hydrogen-bond acceptors (Lipinski definition) is 4. The number of carbonyl (C=O) groups excluding carboxylic acids is 1. The van der Waals surface area contributed by atoms with Crippen molar-refractivity contribution < 1.29 is 24.9 Å². The third kappa shape index (κ3) is 2.28. The largest absolute Gasteiger partial charge is 0.508 e. The summed E-state index contributed by atoms with van der Waals surface area (Å²) in [5.41, 5.74) is 0.204. The fourth-order valence-corrected chi connectivity index (χ4v) is 2.08. The first kappa shape index (κ1) is 12.4. The number of phenolic OH excluding ortho intramolecular Hbond substituents is 1. The van der Waals surface area contributed by atoms with Gasteiger partial charge in [0.25, 0.3) is 5.91 Å². The summed E-state index contributed by atoms with van der Waals surface area (Å²) in [6.45, 7) is -0.00848. The van der Waals surface area contributed by atoms with E-state index in [-0.39, 0.29) is 24.3 Å². The van der Waals surface area contributed by atoms with Crippen LogP contribution in [0.2, 0.25) is 0 Å². The predicted molar refractivity (Wildman–Crippen MR) is 61.2 cm³/mol. The molecule has 96 valence electrons. The van der Waals surface area contributed by atoms with Crippen LogP contribution >= 0.6 is 0 Å². The minimum Gasteiger partial charge on any atom is -0.508 e. The quantitative estimate of drug-likeness (QED) is 0.690. The number of phenols is 1. The highest BCUT2D eigenvalue weighted by Crippen LogP contribution is 2.22. The number of hydrogen-bond donors (Lipinski definition) is 3. The smallest absolute Gasteiger partial charge is 0.326 e. The summed E-state index contributed by atoms with van der Waals surface area (Å²) >= 11 is 0. The summed E-state index contributed by atoms with van der Waals surface area (Å²) < 4.78 is 0. The molecular weight excluding hydrogens is 238 g/mol. The SMILES string of the molecule is O=C(O)[C@H]1C[C@@H](O)CN1C(=O)c1cccc(O)c1. The number of rotatable bonds is 2. The van der Waals surface area contributed by atoms with Crippen LogP contribution in [0.3, 0.4) is 0 Å². The van der Waals surface area contributed by atoms with Crippen LogP contribution < -0.4 is 0 Å². The summed E-state index contributed by atoms with van der Waals surface area (Å²) in [6, 6.07) is 4.67. The number of nitrogens with zero attached hydrogens (tertiary/aromatic N) is 1. The van der Waals surface area contributed by atoms with Crippen molar-refractivity contribution in [3.05, 3.63) is 29.8 Å². The molecule has 0 aromatic heterocycles. The van der Waals surface area contributed by atoms with Crippen molar-refractivity contribution in [3.8, 4) is 5.75 Å². The first-order valence-corrected chi connectivity index (χ1v) is 5.50. The molecule has 1 amide bonds. The molecule has 2 rings (SSSR count). The van der Waals surface area contributed by atoms with E-state index in [1.165, 1.54) is 24.3 Å². The van der Waals surface area contributed by atoms with Crippen LogP contribution in [-0.4, -0.2) is 50.8 Å². The maximum atomic E-state index is 12.1. The normalized spacial score (nSPS) is 23.1. The van der Waals surface area contributed by atoms with Gasteiger partial charge in [0.15, 0.2) is 0 Å². The number of carboxylic acids is 1. The number of aliphatic carboxylic acids is 1. The van der Waals surface area contributed by atoms with E-state index in [1.807, 2.05) is 0 Å². The molecule has 3 N–H and O–H groups in total. The van der Waals surface area contributed by atoms with E-state index < -0.39 is 24.0 Å². The average molecular weight is 251 g/mol. The van der Waals surface area contributed by atoms with Gasteiger partial charge in [-0.25, -0.2) is 4.79 Å². The van der Waals surface area contributed by atoms with Crippen LogP contribution in [0.15, 0.2) is 24.3 Å². The van der Waals surface area contributed by atoms with Crippen molar-refractivity contribution in [1.82, 2.24) is 4.90 Å². The highest BCUT2D eigenvalue weighted by molar-refractivity contribution is 5.97. The molecule has 1 saturated heterocycles. The maximum absolute atomic E-state index is 12.1. The summed E-state index contributed by atoms with van der Waals surface area (Å²) in [6.07, 6.45) is -0.799. The Morgan fingerprint density at radius 3 is 2.67 bits per heavy atom. The number of carboxylic acid groups (broad SMARTS) is 1. The van der Waals surface area contributed by atoms with E-state index in [4.69, 9.17) is 5.11 Å². The van der Waals surface area contributed by atoms with Crippen molar-refractivity contribution in [2.45, 2.75) is 18.6 Å². The van der Waals surface area contributed by atoms with E-state index in [0.717, 1.165) is 4.90 Å². The maximum Gasteiger partial charge on any atom is 0.326 e. The van der Waals surface area contributed by atoms with Crippen molar-refractivity contribution in [2.24, 2.45) is 0 Å². The van der Waals surface area contributed by atoms with E-state index in [9.17, 15) is 19.8 Å². The second-order valence-corrected chi connectivity index (χ2v) is 4.25. The lowest BCUT2D eigenvalue weighted by Gasteiger charge is -2.21. The van der Waals surface area contributed by atoms with E-state index in [2.05, 4.69) is 0 Å². The highest BCUT2D eigenvalue weighted by Gasteiger charge is 2.39. The highest BCUT2D eigenvalue weighted by atomic mass is 16.4. The van der Waals surface area contributed by atoms with E-state index in [0.29, 0.717) is 0 Å². The fraction of sp³-hybridized carbons (Fsp3) is 0.333. The number of aliphatic hydroxyl groups is 1. The lowest BCUT2D eigenvalue weighted by Crippen LogP contribution is -2.40. The molecule has 1 aromatic carbocycles. The van der Waals surface area contributed by atoms with Crippen molar-refractivity contribution >= 4 is 11.9 Å². The van der Waals surface area contributed by atoms with Crippen molar-refractivity contribution in [3.63, 3.8) is 0 Å². The molecule has 6 heteroatoms. The van der Waals surface area contributed by atoms with Gasteiger partial charge >= 0.3 is 5.97 Å². The summed E-state index contributed by atoms with van der Waals surface area (Å²) in [5.74, 6) is -1.71. The van der Waals surface area contributed by atoms with Crippen LogP contribution in [0, 0.1) is 0 Å². The minimum absolute atomic E-state index is 0.00848. The lowest BCUT2D eigenvalue weighted by atomic mass is 10.1. The van der Waals surface area contributed by atoms with Gasteiger partial charge < -0.3 is 20.2 Å². The first-order chi connectivity index (χ1) is 8.49. The number of likely N-dealkylation sites (tertiary alicyclic amines) is 1. The van der Waals surface area contributed by atoms with Gasteiger partial charge in [-0.1, -0.05) is 6.07 Å². The molecule has 0 radical (unpaired) electrons. The Kier molecular flexibility index (Phi) is 3.20. The van der Waals surface area contributed by atoms with Crippen molar-refractivity contribution in [1.29, 1.82) is 0 Å². The Labute approximate surface area is 103 Å². The molecule has 0 aliphatic carbocycles. The van der Waals surface area contributed by atoms with Crippen LogP contribution in [0.1, 0.15) is 16.8 Å². The molecule has 18 heavy (non-hydrogen) atoms. The van der Waals surface area contributed by atoms with Crippen LogP contribution in [0.4, 0.5) is 0 Å². The Bertz CT molecular complexity index is 487. The molecule has 0 saturated carbocycles. The molecule has 6 nitrogen and oxygen atoms in total. The molecule has 1 fully saturated rings. The lowest BCUT2D eigenvalue weighted by molar-refractivity contribution is -0.141. The molecular formula is C12H13NO5. The van der Waals surface area contributed by atoms with Crippen molar-refractivity contribution in [2.75, 3.05) is 6.54 Å². The zero-order chi connectivity index (χ0) is 13.3. The minimum atomic E-state index is -1.14. The van der Waals surface area contributed by atoms with Gasteiger partial charge in [0, 0.05) is 18.5 Å². The summed E-state index contributed by atoms with van der Waals surface area (Å²) in [7, 11) is 0. The first-order valence-electron chi connectivity index (χ1n) is 5.50. The number of carbonyl (C=O) groups is 2. The monoisotopic (exact) mass is 251 g/mol. The number of aliphatic hydroxyl groups excluding tert-OH is 1. The van der Waals surface area contributed by atoms with E-state index >= 15 is 0 Å². The Morgan fingerprint density at radius 1 is 1.33 bits per heavy atom. The number of aromatic hydroxyl groups is 1. The number of benzene rings is 1. The number of β-amino-alcohol motifs (C(OH)–C–C–N with tert-alkyl or cyclic N) is 1. The topological polar surface area (TPSA) is 98.1 Å². The van der Waals surface area contributed by atoms with Gasteiger partial charge in [0.05, 0.1) is 6.10 Å². The number of amides is 1. The van der Waals surface area contributed by atoms with Gasteiger partial charge in [0.1, 0.15) is 11.8 Å². The molecule has 0 bridgehead atoms. The third-order valence-electron chi connectivity index (χ3n) is 2.92. The Balaban J connectivity index is 2.25. The van der Waals surface area contributed by atoms with Gasteiger partial charge in [-0.3, -0.25) is 4.79 Å². The zero-order valence-corrected chi connectivity index (χ0v) is 9.48. The molecule has 1 aliphatic heterocycles. The standard InChI is InChI=1S/C12H13NO5/c14-8-3-1-2-7(4-8)11(16)13-6-9(15)5-10(13)12(17)18/h1-4,9-10,14-15H,5-6H2,(H,17,18)/t9-,10-/m1/s1. The third-order valence-corrected chi connectivity index (χ3v) is 2.92. The summed E-state index contributed by atoms with van der Waals surface area (Å²) in [4.78, 5) is 24.2. The summed E-state index contributed by atoms with van der Waals surface area (Å²) in [5, 5.41) is 27.8. The van der Waals surface area contributed by atoms with Gasteiger partial charge in [0.2, 0.25) is 0 Å². The van der Waals surface area contributed by atoms with Gasteiger partial charge in [-0.2, -0.15) is 0 Å². The molecule has 1 heterocycles. The molecule has 0 spiro atoms. The second-order valence-electron chi connectivity index (χ2n) is 4.25. The van der Waals surface area contributed by atoms with E-state index in [1.54, 1.807) is 0 Å². The van der Waals surface area contributed by atoms with Gasteiger partial charge in [-0.05, 0) is 18.2 Å². The fourth-order valence-electron chi connectivity index (χ4n) is 2.08. The van der Waals surface area contributed by atoms with Crippen LogP contribution in [0.25, 0.3) is 0 Å². The zero-order valence-electron chi connectivity index (χ0n) is 9.48. The second kappa shape index (κ2) is 4.66. The average Bonchev–Trinajstić information content (AvgIpc) is 2.70. The van der Waals surface area contributed by atoms with Crippen LogP contribution in [-0.2, 0) is 4.79 Å². The Hall–Kier alpha value is -2.08. The molecule has 1 aliphatic rings. The van der Waals surface area contributed by atoms with Gasteiger partial charge in [-0.15, -0.1) is 0 Å². The molecule has 2 atom stereocenters. The molecule has 1 aromatic rings. The molecule has 0 unspecified atom stereocenters. The Morgan fingerprint density at radius 2 is 2.06 bits per heavy atom.